The van der Waals surface area contributed by atoms with Crippen molar-refractivity contribution in [2.24, 2.45) is 0 Å². The van der Waals surface area contributed by atoms with Gasteiger partial charge in [0.1, 0.15) is 0 Å². The number of rotatable bonds is 1. The number of fused-ring (bicyclic) bond motifs is 1. The van der Waals surface area contributed by atoms with E-state index in [1.165, 1.54) is 0 Å². The molecule has 0 radical (unpaired) electrons. The van der Waals surface area contributed by atoms with Crippen LogP contribution in [0.25, 0.3) is 10.9 Å². The fourth-order valence-corrected chi connectivity index (χ4v) is 2.11. The van der Waals surface area contributed by atoms with Crippen LogP contribution in [0.1, 0.15) is 17.9 Å². The van der Waals surface area contributed by atoms with Crippen LogP contribution < -0.4 is 5.32 Å². The zero-order valence-electron chi connectivity index (χ0n) is 8.49. The third-order valence-corrected chi connectivity index (χ3v) is 2.95. The van der Waals surface area contributed by atoms with Crippen molar-refractivity contribution in [1.29, 1.82) is 0 Å². The smallest absolute Gasteiger partial charge is 0.234 e. The molecule has 4 nitrogen and oxygen atoms in total. The monoisotopic (exact) mass is 214 g/mol. The fourth-order valence-electron chi connectivity index (χ4n) is 2.11. The van der Waals surface area contributed by atoms with Gasteiger partial charge in [-0.2, -0.15) is 0 Å². The number of H-pyrrole nitrogens is 1. The number of amides is 2. The molecule has 0 bridgehead atoms. The number of hydrogen-bond acceptors (Lipinski definition) is 2. The highest BCUT2D eigenvalue weighted by molar-refractivity contribution is 6.06. The summed E-state index contributed by atoms with van der Waals surface area (Å²) in [5.41, 5.74) is 1.93. The Morgan fingerprint density at radius 1 is 1.19 bits per heavy atom. The highest BCUT2D eigenvalue weighted by Crippen LogP contribution is 2.26. The van der Waals surface area contributed by atoms with E-state index in [0.29, 0.717) is 0 Å². The summed E-state index contributed by atoms with van der Waals surface area (Å²) in [4.78, 5) is 25.7. The minimum Gasteiger partial charge on any atom is -0.361 e. The Labute approximate surface area is 91.6 Å². The fraction of sp³-hybridized carbons (Fsp3) is 0.167. The molecule has 0 spiro atoms. The van der Waals surface area contributed by atoms with E-state index in [4.69, 9.17) is 0 Å². The van der Waals surface area contributed by atoms with Gasteiger partial charge >= 0.3 is 0 Å². The maximum atomic E-state index is 11.5. The quantitative estimate of drug-likeness (QED) is 0.703. The Kier molecular flexibility index (Phi) is 1.83. The SMILES string of the molecule is O=C1CC(c2ccc3[nH]ccc3c2)C(=O)N1. The highest BCUT2D eigenvalue weighted by Gasteiger charge is 2.31. The van der Waals surface area contributed by atoms with Gasteiger partial charge in [0.05, 0.1) is 5.92 Å². The molecule has 1 aromatic carbocycles. The van der Waals surface area contributed by atoms with Gasteiger partial charge in [-0.15, -0.1) is 0 Å². The summed E-state index contributed by atoms with van der Waals surface area (Å²) in [5, 5.41) is 3.38. The summed E-state index contributed by atoms with van der Waals surface area (Å²) in [7, 11) is 0. The molecule has 1 unspecified atom stereocenters. The van der Waals surface area contributed by atoms with Gasteiger partial charge in [0, 0.05) is 18.1 Å². The number of benzene rings is 1. The van der Waals surface area contributed by atoms with Crippen molar-refractivity contribution < 1.29 is 9.59 Å². The van der Waals surface area contributed by atoms with Crippen molar-refractivity contribution in [1.82, 2.24) is 10.3 Å². The summed E-state index contributed by atoms with van der Waals surface area (Å²) in [6.45, 7) is 0. The first-order valence-corrected chi connectivity index (χ1v) is 5.15. The van der Waals surface area contributed by atoms with Crippen molar-refractivity contribution in [3.05, 3.63) is 36.0 Å². The third kappa shape index (κ3) is 1.31. The van der Waals surface area contributed by atoms with E-state index >= 15 is 0 Å². The molecular weight excluding hydrogens is 204 g/mol. The second kappa shape index (κ2) is 3.20. The summed E-state index contributed by atoms with van der Waals surface area (Å²) >= 11 is 0. The van der Waals surface area contributed by atoms with E-state index in [9.17, 15) is 9.59 Å². The van der Waals surface area contributed by atoms with Crippen LogP contribution in [0.2, 0.25) is 0 Å². The van der Waals surface area contributed by atoms with Crippen molar-refractivity contribution in [2.45, 2.75) is 12.3 Å². The molecule has 0 saturated carbocycles. The predicted octanol–water partition coefficient (Wildman–Crippen LogP) is 1.30. The van der Waals surface area contributed by atoms with E-state index in [0.717, 1.165) is 16.5 Å². The summed E-state index contributed by atoms with van der Waals surface area (Å²) in [5.74, 6) is -0.712. The summed E-state index contributed by atoms with van der Waals surface area (Å²) in [6, 6.07) is 7.73. The molecule has 2 aromatic rings. The molecule has 2 amide bonds. The van der Waals surface area contributed by atoms with Crippen LogP contribution in [-0.2, 0) is 9.59 Å². The Morgan fingerprint density at radius 2 is 2.06 bits per heavy atom. The van der Waals surface area contributed by atoms with Crippen molar-refractivity contribution in [3.8, 4) is 0 Å². The van der Waals surface area contributed by atoms with Gasteiger partial charge in [-0.05, 0) is 29.1 Å². The summed E-state index contributed by atoms with van der Waals surface area (Å²) in [6.07, 6.45) is 2.11. The standard InChI is InChI=1S/C12H10N2O2/c15-11-6-9(12(16)14-11)7-1-2-10-8(5-7)3-4-13-10/h1-5,9,13H,6H2,(H,14,15,16). The number of aromatic amines is 1. The normalized spacial score (nSPS) is 20.4. The maximum Gasteiger partial charge on any atom is 0.234 e. The number of hydrogen-bond donors (Lipinski definition) is 2. The lowest BCUT2D eigenvalue weighted by Crippen LogP contribution is -2.21. The van der Waals surface area contributed by atoms with E-state index in [2.05, 4.69) is 10.3 Å². The van der Waals surface area contributed by atoms with Crippen molar-refractivity contribution in [3.63, 3.8) is 0 Å². The molecular formula is C12H10N2O2. The van der Waals surface area contributed by atoms with Gasteiger partial charge in [-0.25, -0.2) is 0 Å². The lowest BCUT2D eigenvalue weighted by molar-refractivity contribution is -0.125. The minimum absolute atomic E-state index is 0.191. The number of carbonyl (C=O) groups excluding carboxylic acids is 2. The van der Waals surface area contributed by atoms with Crippen LogP contribution in [0.3, 0.4) is 0 Å². The van der Waals surface area contributed by atoms with Crippen LogP contribution in [0, 0.1) is 0 Å². The number of carbonyl (C=O) groups is 2. The van der Waals surface area contributed by atoms with Gasteiger partial charge in [0.25, 0.3) is 0 Å². The molecule has 0 aliphatic carbocycles. The Balaban J connectivity index is 2.05. The lowest BCUT2D eigenvalue weighted by atomic mass is 9.96. The van der Waals surface area contributed by atoms with E-state index < -0.39 is 0 Å². The minimum atomic E-state index is -0.327. The van der Waals surface area contributed by atoms with Crippen LogP contribution >= 0.6 is 0 Å². The largest absolute Gasteiger partial charge is 0.361 e. The second-order valence-corrected chi connectivity index (χ2v) is 3.99. The highest BCUT2D eigenvalue weighted by atomic mass is 16.2. The molecule has 1 atom stereocenters. The molecule has 2 N–H and O–H groups in total. The van der Waals surface area contributed by atoms with Gasteiger partial charge in [0.15, 0.2) is 0 Å². The van der Waals surface area contributed by atoms with Crippen molar-refractivity contribution >= 4 is 22.7 Å². The molecule has 1 saturated heterocycles. The van der Waals surface area contributed by atoms with E-state index in [-0.39, 0.29) is 24.2 Å². The first-order chi connectivity index (χ1) is 7.74. The maximum absolute atomic E-state index is 11.5. The van der Waals surface area contributed by atoms with Crippen LogP contribution in [-0.4, -0.2) is 16.8 Å². The van der Waals surface area contributed by atoms with Gasteiger partial charge in [-0.1, -0.05) is 6.07 Å². The van der Waals surface area contributed by atoms with Gasteiger partial charge in [-0.3, -0.25) is 14.9 Å². The average Bonchev–Trinajstić information content (AvgIpc) is 2.83. The molecule has 1 fully saturated rings. The number of aromatic nitrogens is 1. The van der Waals surface area contributed by atoms with Gasteiger partial charge in [0.2, 0.25) is 11.8 Å². The molecule has 2 heterocycles. The molecule has 1 aromatic heterocycles. The Bertz CT molecular complexity index is 585. The van der Waals surface area contributed by atoms with Crippen LogP contribution in [0.15, 0.2) is 30.5 Å². The summed E-state index contributed by atoms with van der Waals surface area (Å²) < 4.78 is 0. The number of nitrogens with one attached hydrogen (secondary N) is 2. The second-order valence-electron chi connectivity index (χ2n) is 3.99. The first-order valence-electron chi connectivity index (χ1n) is 5.15. The Hall–Kier alpha value is -2.10. The van der Waals surface area contributed by atoms with Crippen LogP contribution in [0.5, 0.6) is 0 Å². The van der Waals surface area contributed by atoms with Crippen LogP contribution in [0.4, 0.5) is 0 Å². The zero-order valence-corrected chi connectivity index (χ0v) is 8.49. The zero-order chi connectivity index (χ0) is 11.1. The molecule has 3 rings (SSSR count). The first kappa shape index (κ1) is 9.15. The molecule has 16 heavy (non-hydrogen) atoms. The molecule has 80 valence electrons. The lowest BCUT2D eigenvalue weighted by Gasteiger charge is -2.05. The third-order valence-electron chi connectivity index (χ3n) is 2.95. The molecule has 1 aliphatic heterocycles. The average molecular weight is 214 g/mol. The predicted molar refractivity (Wildman–Crippen MR) is 58.8 cm³/mol. The molecule has 1 aliphatic rings. The molecule has 4 heteroatoms. The van der Waals surface area contributed by atoms with E-state index in [1.807, 2.05) is 30.5 Å². The van der Waals surface area contributed by atoms with E-state index in [1.54, 1.807) is 0 Å². The Morgan fingerprint density at radius 3 is 2.81 bits per heavy atom. The topological polar surface area (TPSA) is 62.0 Å². The van der Waals surface area contributed by atoms with Gasteiger partial charge < -0.3 is 4.98 Å². The number of imide groups is 1. The van der Waals surface area contributed by atoms with Crippen molar-refractivity contribution in [2.75, 3.05) is 0 Å².